The second kappa shape index (κ2) is 4.93. The minimum absolute atomic E-state index is 0.237. The van der Waals surface area contributed by atoms with Crippen LogP contribution in [0.5, 0.6) is 0 Å². The Morgan fingerprint density at radius 3 is 2.42 bits per heavy atom. The number of carbonyl (C=O) groups is 1. The summed E-state index contributed by atoms with van der Waals surface area (Å²) < 4.78 is 1.07. The molecule has 1 amide bonds. The molecule has 1 aromatic carbocycles. The monoisotopic (exact) mass is 321 g/mol. The highest BCUT2D eigenvalue weighted by atomic mass is 79.9. The highest BCUT2D eigenvalue weighted by Gasteiger charge is 2.46. The van der Waals surface area contributed by atoms with E-state index in [0.717, 1.165) is 23.7 Å². The third kappa shape index (κ3) is 2.45. The lowest BCUT2D eigenvalue weighted by molar-refractivity contribution is -0.130. The highest BCUT2D eigenvalue weighted by Crippen LogP contribution is 2.44. The summed E-state index contributed by atoms with van der Waals surface area (Å²) in [5, 5.41) is 3.25. The number of hydrogen-bond donors (Lipinski definition) is 1. The van der Waals surface area contributed by atoms with E-state index in [0.29, 0.717) is 12.0 Å². The number of hydrogen-bond acceptors (Lipinski definition) is 1. The Hall–Kier alpha value is -0.830. The van der Waals surface area contributed by atoms with Gasteiger partial charge in [0.05, 0.1) is 5.41 Å². The van der Waals surface area contributed by atoms with Gasteiger partial charge in [-0.25, -0.2) is 0 Å². The summed E-state index contributed by atoms with van der Waals surface area (Å²) in [6, 6.07) is 8.58. The van der Waals surface area contributed by atoms with Gasteiger partial charge in [-0.15, -0.1) is 0 Å². The SMILES string of the molecule is CC(NC(=O)C1(c2ccc(Br)cc2)CCC1)C1CC1. The van der Waals surface area contributed by atoms with Crippen molar-refractivity contribution in [3.63, 3.8) is 0 Å². The Balaban J connectivity index is 1.77. The van der Waals surface area contributed by atoms with Crippen LogP contribution in [0.1, 0.15) is 44.6 Å². The number of carbonyl (C=O) groups excluding carboxylic acids is 1. The second-order valence-corrected chi connectivity index (χ2v) is 6.96. The number of amides is 1. The molecule has 2 aliphatic carbocycles. The normalized spacial score (nSPS) is 22.4. The van der Waals surface area contributed by atoms with Gasteiger partial charge in [-0.05, 0) is 56.2 Å². The Morgan fingerprint density at radius 1 is 1.32 bits per heavy atom. The summed E-state index contributed by atoms with van der Waals surface area (Å²) in [7, 11) is 0. The van der Waals surface area contributed by atoms with Gasteiger partial charge in [-0.2, -0.15) is 0 Å². The van der Waals surface area contributed by atoms with Gasteiger partial charge in [0, 0.05) is 10.5 Å². The molecule has 102 valence electrons. The van der Waals surface area contributed by atoms with E-state index in [-0.39, 0.29) is 11.3 Å². The third-order valence-electron chi connectivity index (χ3n) is 4.73. The van der Waals surface area contributed by atoms with E-state index < -0.39 is 0 Å². The first-order valence-electron chi connectivity index (χ1n) is 7.19. The van der Waals surface area contributed by atoms with Crippen molar-refractivity contribution in [1.29, 1.82) is 0 Å². The largest absolute Gasteiger partial charge is 0.353 e. The molecule has 1 atom stereocenters. The van der Waals surface area contributed by atoms with Crippen LogP contribution in [0, 0.1) is 5.92 Å². The maximum atomic E-state index is 12.7. The molecule has 2 aliphatic rings. The van der Waals surface area contributed by atoms with Crippen LogP contribution in [0.15, 0.2) is 28.7 Å². The maximum Gasteiger partial charge on any atom is 0.230 e. The van der Waals surface area contributed by atoms with Crippen LogP contribution in [0.3, 0.4) is 0 Å². The maximum absolute atomic E-state index is 12.7. The summed E-state index contributed by atoms with van der Waals surface area (Å²) in [6.45, 7) is 2.14. The predicted molar refractivity (Wildman–Crippen MR) is 80.0 cm³/mol. The molecular formula is C16H20BrNO. The van der Waals surface area contributed by atoms with Crippen LogP contribution >= 0.6 is 15.9 Å². The van der Waals surface area contributed by atoms with Crippen molar-refractivity contribution < 1.29 is 4.79 Å². The minimum atomic E-state index is -0.260. The molecule has 0 saturated heterocycles. The van der Waals surface area contributed by atoms with Crippen molar-refractivity contribution in [2.45, 2.75) is 50.5 Å². The first-order valence-corrected chi connectivity index (χ1v) is 7.98. The van der Waals surface area contributed by atoms with E-state index in [4.69, 9.17) is 0 Å². The summed E-state index contributed by atoms with van der Waals surface area (Å²) in [6.07, 6.45) is 5.66. The van der Waals surface area contributed by atoms with Crippen molar-refractivity contribution in [2.24, 2.45) is 5.92 Å². The molecule has 0 aliphatic heterocycles. The zero-order valence-corrected chi connectivity index (χ0v) is 12.9. The Labute approximate surface area is 123 Å². The molecule has 1 aromatic rings. The molecule has 2 nitrogen and oxygen atoms in total. The first-order chi connectivity index (χ1) is 9.12. The second-order valence-electron chi connectivity index (χ2n) is 6.04. The van der Waals surface area contributed by atoms with E-state index in [1.807, 2.05) is 12.1 Å². The van der Waals surface area contributed by atoms with Crippen LogP contribution < -0.4 is 5.32 Å². The molecular weight excluding hydrogens is 302 g/mol. The molecule has 0 bridgehead atoms. The lowest BCUT2D eigenvalue weighted by Crippen LogP contribution is -2.51. The number of rotatable bonds is 4. The van der Waals surface area contributed by atoms with E-state index >= 15 is 0 Å². The fraction of sp³-hybridized carbons (Fsp3) is 0.562. The molecule has 0 heterocycles. The van der Waals surface area contributed by atoms with Gasteiger partial charge in [-0.1, -0.05) is 34.5 Å². The topological polar surface area (TPSA) is 29.1 Å². The van der Waals surface area contributed by atoms with Gasteiger partial charge in [0.25, 0.3) is 0 Å². The molecule has 1 N–H and O–H groups in total. The molecule has 2 saturated carbocycles. The van der Waals surface area contributed by atoms with E-state index in [9.17, 15) is 4.79 Å². The average Bonchev–Trinajstić information content (AvgIpc) is 3.14. The standard InChI is InChI=1S/C16H20BrNO/c1-11(12-3-4-12)18-15(19)16(9-2-10-16)13-5-7-14(17)8-6-13/h5-8,11-12H,2-4,9-10H2,1H3,(H,18,19). The van der Waals surface area contributed by atoms with Crippen molar-refractivity contribution in [1.82, 2.24) is 5.32 Å². The molecule has 0 radical (unpaired) electrons. The van der Waals surface area contributed by atoms with Crippen LogP contribution in [0.4, 0.5) is 0 Å². The fourth-order valence-corrected chi connectivity index (χ4v) is 3.27. The molecule has 3 heteroatoms. The van der Waals surface area contributed by atoms with Crippen LogP contribution in [-0.4, -0.2) is 11.9 Å². The van der Waals surface area contributed by atoms with Crippen LogP contribution in [-0.2, 0) is 10.2 Å². The minimum Gasteiger partial charge on any atom is -0.353 e. The number of benzene rings is 1. The van der Waals surface area contributed by atoms with Gasteiger partial charge in [-0.3, -0.25) is 4.79 Å². The number of nitrogens with one attached hydrogen (secondary N) is 1. The molecule has 0 aromatic heterocycles. The van der Waals surface area contributed by atoms with Crippen molar-refractivity contribution in [3.05, 3.63) is 34.3 Å². The van der Waals surface area contributed by atoms with Crippen LogP contribution in [0.2, 0.25) is 0 Å². The Bertz CT molecular complexity index is 474. The summed E-state index contributed by atoms with van der Waals surface area (Å²) in [5.74, 6) is 0.950. The van der Waals surface area contributed by atoms with Gasteiger partial charge in [0.1, 0.15) is 0 Å². The van der Waals surface area contributed by atoms with Gasteiger partial charge >= 0.3 is 0 Å². The summed E-state index contributed by atoms with van der Waals surface area (Å²) in [4.78, 5) is 12.7. The Morgan fingerprint density at radius 2 is 1.95 bits per heavy atom. The van der Waals surface area contributed by atoms with Crippen molar-refractivity contribution >= 4 is 21.8 Å². The van der Waals surface area contributed by atoms with E-state index in [2.05, 4.69) is 40.3 Å². The Kier molecular flexibility index (Phi) is 3.42. The molecule has 3 rings (SSSR count). The predicted octanol–water partition coefficient (Wildman–Crippen LogP) is 3.79. The van der Waals surface area contributed by atoms with E-state index in [1.165, 1.54) is 18.4 Å². The van der Waals surface area contributed by atoms with Gasteiger partial charge in [0.15, 0.2) is 0 Å². The lowest BCUT2D eigenvalue weighted by atomic mass is 9.63. The first kappa shape index (κ1) is 13.2. The molecule has 0 spiro atoms. The highest BCUT2D eigenvalue weighted by molar-refractivity contribution is 9.10. The summed E-state index contributed by atoms with van der Waals surface area (Å²) in [5.41, 5.74) is 0.909. The van der Waals surface area contributed by atoms with Crippen LogP contribution in [0.25, 0.3) is 0 Å². The van der Waals surface area contributed by atoms with Crippen molar-refractivity contribution in [3.8, 4) is 0 Å². The summed E-state index contributed by atoms with van der Waals surface area (Å²) >= 11 is 3.46. The smallest absolute Gasteiger partial charge is 0.230 e. The fourth-order valence-electron chi connectivity index (χ4n) is 3.01. The zero-order chi connectivity index (χ0) is 13.5. The lowest BCUT2D eigenvalue weighted by Gasteiger charge is -2.41. The van der Waals surface area contributed by atoms with Gasteiger partial charge in [0.2, 0.25) is 5.91 Å². The number of halogens is 1. The van der Waals surface area contributed by atoms with Crippen molar-refractivity contribution in [2.75, 3.05) is 0 Å². The zero-order valence-electron chi connectivity index (χ0n) is 11.3. The molecule has 1 unspecified atom stereocenters. The molecule has 2 fully saturated rings. The third-order valence-corrected chi connectivity index (χ3v) is 5.26. The molecule has 19 heavy (non-hydrogen) atoms. The van der Waals surface area contributed by atoms with Gasteiger partial charge < -0.3 is 5.32 Å². The average molecular weight is 322 g/mol. The quantitative estimate of drug-likeness (QED) is 0.898. The van der Waals surface area contributed by atoms with E-state index in [1.54, 1.807) is 0 Å².